The molecule has 168 valence electrons. The molecular weight excluding hydrogens is 472 g/mol. The summed E-state index contributed by atoms with van der Waals surface area (Å²) >= 11 is 12.3. The Kier molecular flexibility index (Phi) is 6.44. The number of carbonyl (C=O) groups excluding carboxylic acids is 1. The summed E-state index contributed by atoms with van der Waals surface area (Å²) in [4.78, 5) is 12.6. The zero-order valence-electron chi connectivity index (χ0n) is 16.6. The van der Waals surface area contributed by atoms with Gasteiger partial charge in [-0.15, -0.1) is 13.2 Å². The van der Waals surface area contributed by atoms with Crippen molar-refractivity contribution < 1.29 is 27.4 Å². The number of methoxy groups -OCH3 is 1. The Morgan fingerprint density at radius 1 is 1.25 bits per heavy atom. The average Bonchev–Trinajstić information content (AvgIpc) is 3.03. The van der Waals surface area contributed by atoms with Gasteiger partial charge < -0.3 is 14.8 Å². The predicted octanol–water partition coefficient (Wildman–Crippen LogP) is 4.96. The maximum atomic E-state index is 12.6. The lowest BCUT2D eigenvalue weighted by Gasteiger charge is -2.24. The normalized spacial score (nSPS) is 13.3. The van der Waals surface area contributed by atoms with E-state index in [1.54, 1.807) is 6.07 Å². The van der Waals surface area contributed by atoms with Crippen LogP contribution in [0.15, 0.2) is 36.4 Å². The molecule has 1 unspecified atom stereocenters. The van der Waals surface area contributed by atoms with E-state index in [9.17, 15) is 23.2 Å². The summed E-state index contributed by atoms with van der Waals surface area (Å²) in [5, 5.41) is 17.8. The molecule has 0 saturated heterocycles. The largest absolute Gasteiger partial charge is 0.573 e. The van der Waals surface area contributed by atoms with Gasteiger partial charge in [0, 0.05) is 10.6 Å². The van der Waals surface area contributed by atoms with Crippen molar-refractivity contribution >= 4 is 40.0 Å². The van der Waals surface area contributed by atoms with Crippen molar-refractivity contribution in [3.8, 4) is 17.7 Å². The molecule has 2 aromatic carbocycles. The summed E-state index contributed by atoms with van der Waals surface area (Å²) in [7, 11) is 1.41. The summed E-state index contributed by atoms with van der Waals surface area (Å²) in [5.74, 6) is -0.879. The smallest absolute Gasteiger partial charge is 0.481 e. The lowest BCUT2D eigenvalue weighted by atomic mass is 10.0. The van der Waals surface area contributed by atoms with Crippen LogP contribution in [0.1, 0.15) is 17.3 Å². The Labute approximate surface area is 190 Å². The highest BCUT2D eigenvalue weighted by molar-refractivity contribution is 6.39. The number of fused-ring (bicyclic) bond motifs is 1. The van der Waals surface area contributed by atoms with Gasteiger partial charge in [0.05, 0.1) is 35.6 Å². The quantitative estimate of drug-likeness (QED) is 0.531. The standard InChI is InChI=1S/C20H15Cl2F3N4O3/c1-19(9-26,27-17(30)11-3-5-13(6-4-11)32-20(23,24)25)10-29-18(31-2)16-14(22)7-12(21)8-15(16)28-29/h3-8H,10H2,1-2H3,(H,27,30). The Morgan fingerprint density at radius 3 is 2.47 bits per heavy atom. The van der Waals surface area contributed by atoms with Gasteiger partial charge in [-0.25, -0.2) is 4.68 Å². The van der Waals surface area contributed by atoms with E-state index in [0.29, 0.717) is 20.9 Å². The molecule has 0 aliphatic heterocycles. The minimum absolute atomic E-state index is 0.0356. The molecule has 32 heavy (non-hydrogen) atoms. The molecule has 0 spiro atoms. The Bertz CT molecular complexity index is 1210. The van der Waals surface area contributed by atoms with Crippen molar-refractivity contribution in [1.82, 2.24) is 15.1 Å². The van der Waals surface area contributed by atoms with Crippen LogP contribution in [-0.2, 0) is 6.54 Å². The zero-order valence-corrected chi connectivity index (χ0v) is 18.1. The first-order valence-corrected chi connectivity index (χ1v) is 9.69. The monoisotopic (exact) mass is 486 g/mol. The topological polar surface area (TPSA) is 89.2 Å². The second-order valence-electron chi connectivity index (χ2n) is 6.92. The lowest BCUT2D eigenvalue weighted by molar-refractivity contribution is -0.274. The molecule has 0 aliphatic rings. The number of carbonyl (C=O) groups is 1. The summed E-state index contributed by atoms with van der Waals surface area (Å²) in [5.41, 5.74) is -0.983. The number of amides is 1. The highest BCUT2D eigenvalue weighted by Gasteiger charge is 2.32. The molecule has 0 fully saturated rings. The van der Waals surface area contributed by atoms with Crippen LogP contribution >= 0.6 is 23.2 Å². The highest BCUT2D eigenvalue weighted by Crippen LogP contribution is 2.35. The molecule has 3 aromatic rings. The van der Waals surface area contributed by atoms with Crippen LogP contribution in [0.2, 0.25) is 10.0 Å². The number of alkyl halides is 3. The van der Waals surface area contributed by atoms with Crippen molar-refractivity contribution in [1.29, 1.82) is 5.26 Å². The van der Waals surface area contributed by atoms with Gasteiger partial charge in [-0.2, -0.15) is 10.4 Å². The van der Waals surface area contributed by atoms with E-state index >= 15 is 0 Å². The van der Waals surface area contributed by atoms with Crippen LogP contribution in [0, 0.1) is 11.3 Å². The number of hydrogen-bond donors (Lipinski definition) is 1. The van der Waals surface area contributed by atoms with E-state index in [0.717, 1.165) is 24.3 Å². The van der Waals surface area contributed by atoms with Crippen LogP contribution in [0.25, 0.3) is 10.9 Å². The third-order valence-electron chi connectivity index (χ3n) is 4.36. The Morgan fingerprint density at radius 2 is 1.91 bits per heavy atom. The minimum Gasteiger partial charge on any atom is -0.481 e. The summed E-state index contributed by atoms with van der Waals surface area (Å²) in [6.07, 6.45) is -4.84. The number of hydrogen-bond acceptors (Lipinski definition) is 5. The van der Waals surface area contributed by atoms with Crippen molar-refractivity contribution in [3.05, 3.63) is 52.0 Å². The molecule has 0 aliphatic carbocycles. The molecule has 12 heteroatoms. The fourth-order valence-electron chi connectivity index (χ4n) is 3.00. The first kappa shape index (κ1) is 23.5. The van der Waals surface area contributed by atoms with Crippen LogP contribution in [0.5, 0.6) is 11.6 Å². The lowest BCUT2D eigenvalue weighted by Crippen LogP contribution is -2.48. The van der Waals surface area contributed by atoms with E-state index in [2.05, 4.69) is 15.2 Å². The van der Waals surface area contributed by atoms with E-state index in [1.807, 2.05) is 6.07 Å². The molecule has 0 bridgehead atoms. The predicted molar refractivity (Wildman–Crippen MR) is 111 cm³/mol. The van der Waals surface area contributed by atoms with Crippen LogP contribution in [0.3, 0.4) is 0 Å². The van der Waals surface area contributed by atoms with Gasteiger partial charge in [-0.05, 0) is 43.3 Å². The summed E-state index contributed by atoms with van der Waals surface area (Å²) < 4.78 is 47.4. The van der Waals surface area contributed by atoms with E-state index in [4.69, 9.17) is 27.9 Å². The summed E-state index contributed by atoms with van der Waals surface area (Å²) in [6, 6.07) is 9.42. The molecular formula is C20H15Cl2F3N4O3. The van der Waals surface area contributed by atoms with Crippen molar-refractivity contribution in [3.63, 3.8) is 0 Å². The Balaban J connectivity index is 1.84. The van der Waals surface area contributed by atoms with E-state index < -0.39 is 23.6 Å². The molecule has 1 amide bonds. The third-order valence-corrected chi connectivity index (χ3v) is 4.87. The maximum Gasteiger partial charge on any atom is 0.573 e. The minimum atomic E-state index is -4.84. The number of rotatable bonds is 6. The number of nitrogens with zero attached hydrogens (tertiary/aromatic N) is 3. The van der Waals surface area contributed by atoms with Crippen molar-refractivity contribution in [2.45, 2.75) is 25.4 Å². The molecule has 1 N–H and O–H groups in total. The maximum absolute atomic E-state index is 12.6. The molecule has 7 nitrogen and oxygen atoms in total. The summed E-state index contributed by atoms with van der Waals surface area (Å²) in [6.45, 7) is 1.35. The highest BCUT2D eigenvalue weighted by atomic mass is 35.5. The fraction of sp³-hybridized carbons (Fsp3) is 0.250. The van der Waals surface area contributed by atoms with Gasteiger partial charge in [0.15, 0.2) is 0 Å². The SMILES string of the molecule is COc1c2c(Cl)cc(Cl)cc2nn1CC(C)(C#N)NC(=O)c1ccc(OC(F)(F)F)cc1. The number of nitrogens with one attached hydrogen (secondary N) is 1. The molecule has 1 atom stereocenters. The van der Waals surface area contributed by atoms with Gasteiger partial charge in [0.2, 0.25) is 5.88 Å². The molecule has 1 heterocycles. The van der Waals surface area contributed by atoms with Crippen LogP contribution in [0.4, 0.5) is 13.2 Å². The van der Waals surface area contributed by atoms with Crippen LogP contribution < -0.4 is 14.8 Å². The second-order valence-corrected chi connectivity index (χ2v) is 7.76. The van der Waals surface area contributed by atoms with Crippen molar-refractivity contribution in [2.75, 3.05) is 7.11 Å². The first-order chi connectivity index (χ1) is 14.9. The third kappa shape index (κ3) is 5.18. The zero-order chi connectivity index (χ0) is 23.7. The molecule has 0 saturated carbocycles. The number of halogens is 5. The number of benzene rings is 2. The second kappa shape index (κ2) is 8.76. The first-order valence-electron chi connectivity index (χ1n) is 8.94. The van der Waals surface area contributed by atoms with Crippen LogP contribution in [-0.4, -0.2) is 34.7 Å². The molecule has 0 radical (unpaired) electrons. The Hall–Kier alpha value is -3.16. The van der Waals surface area contributed by atoms with Gasteiger partial charge in [-0.1, -0.05) is 23.2 Å². The van der Waals surface area contributed by atoms with E-state index in [-0.39, 0.29) is 18.0 Å². The van der Waals surface area contributed by atoms with Gasteiger partial charge in [0.1, 0.15) is 11.3 Å². The number of nitriles is 1. The molecule has 1 aromatic heterocycles. The fourth-order valence-corrected chi connectivity index (χ4v) is 3.57. The van der Waals surface area contributed by atoms with Gasteiger partial charge >= 0.3 is 6.36 Å². The van der Waals surface area contributed by atoms with Gasteiger partial charge in [-0.3, -0.25) is 4.79 Å². The number of aromatic nitrogens is 2. The number of ether oxygens (including phenoxy) is 2. The average molecular weight is 487 g/mol. The molecule has 3 rings (SSSR count). The van der Waals surface area contributed by atoms with Gasteiger partial charge in [0.25, 0.3) is 5.91 Å². The van der Waals surface area contributed by atoms with E-state index in [1.165, 1.54) is 24.8 Å². The van der Waals surface area contributed by atoms with Crippen molar-refractivity contribution in [2.24, 2.45) is 0 Å².